The van der Waals surface area contributed by atoms with Gasteiger partial charge < -0.3 is 9.88 Å². The molecule has 0 spiro atoms. The monoisotopic (exact) mass is 401 g/mol. The van der Waals surface area contributed by atoms with Gasteiger partial charge in [0.25, 0.3) is 11.7 Å². The number of aromatic nitrogens is 2. The lowest BCUT2D eigenvalue weighted by Gasteiger charge is -2.12. The number of anilines is 1. The summed E-state index contributed by atoms with van der Waals surface area (Å²) in [6, 6.07) is 8.76. The normalized spacial score (nSPS) is 14.6. The third kappa shape index (κ3) is 3.33. The minimum absolute atomic E-state index is 0.233. The molecule has 0 atom stereocenters. The van der Waals surface area contributed by atoms with E-state index in [0.717, 1.165) is 31.3 Å². The number of rotatable bonds is 4. The fraction of sp³-hybridized carbons (Fsp3) is 0.250. The fourth-order valence-corrected chi connectivity index (χ4v) is 4.13. The third-order valence-electron chi connectivity index (χ3n) is 4.96. The Hall–Kier alpha value is -2.37. The van der Waals surface area contributed by atoms with Crippen molar-refractivity contribution in [2.75, 3.05) is 5.32 Å². The van der Waals surface area contributed by atoms with Crippen LogP contribution in [-0.4, -0.2) is 21.2 Å². The molecule has 2 heterocycles. The van der Waals surface area contributed by atoms with Crippen LogP contribution in [0.15, 0.2) is 42.7 Å². The highest BCUT2D eigenvalue weighted by Gasteiger charge is 2.26. The van der Waals surface area contributed by atoms with Crippen molar-refractivity contribution in [1.29, 1.82) is 0 Å². The van der Waals surface area contributed by atoms with Crippen LogP contribution in [-0.2, 0) is 4.79 Å². The molecular weight excluding hydrogens is 385 g/mol. The number of Topliss-reactive ketones (excluding diaryl/α,β-unsaturated/α-hetero) is 1. The average molecular weight is 402 g/mol. The highest BCUT2D eigenvalue weighted by Crippen LogP contribution is 2.34. The third-order valence-corrected chi connectivity index (χ3v) is 5.59. The molecule has 1 saturated carbocycles. The number of amides is 1. The van der Waals surface area contributed by atoms with Crippen molar-refractivity contribution < 1.29 is 9.59 Å². The highest BCUT2D eigenvalue weighted by molar-refractivity contribution is 6.50. The molecule has 1 fully saturated rings. The average Bonchev–Trinajstić information content (AvgIpc) is 3.31. The van der Waals surface area contributed by atoms with Crippen LogP contribution >= 0.6 is 23.2 Å². The molecule has 0 radical (unpaired) electrons. The zero-order valence-electron chi connectivity index (χ0n) is 14.4. The predicted molar refractivity (Wildman–Crippen MR) is 107 cm³/mol. The molecule has 1 aromatic carbocycles. The molecule has 7 heteroatoms. The van der Waals surface area contributed by atoms with Gasteiger partial charge >= 0.3 is 0 Å². The highest BCUT2D eigenvalue weighted by atomic mass is 35.5. The molecule has 0 bridgehead atoms. The lowest BCUT2D eigenvalue weighted by Crippen LogP contribution is -2.23. The van der Waals surface area contributed by atoms with E-state index in [9.17, 15) is 9.59 Å². The minimum Gasteiger partial charge on any atom is -0.329 e. The van der Waals surface area contributed by atoms with Crippen LogP contribution in [0.4, 0.5) is 5.69 Å². The van der Waals surface area contributed by atoms with E-state index in [1.54, 1.807) is 36.7 Å². The van der Waals surface area contributed by atoms with Gasteiger partial charge in [0.15, 0.2) is 0 Å². The van der Waals surface area contributed by atoms with Gasteiger partial charge in [0.2, 0.25) is 0 Å². The lowest BCUT2D eigenvalue weighted by atomic mass is 10.1. The van der Waals surface area contributed by atoms with Crippen LogP contribution in [0.1, 0.15) is 42.1 Å². The minimum atomic E-state index is -0.778. The molecule has 5 nitrogen and oxygen atoms in total. The molecule has 1 N–H and O–H groups in total. The molecule has 4 rings (SSSR count). The molecule has 0 unspecified atom stereocenters. The van der Waals surface area contributed by atoms with E-state index in [0.29, 0.717) is 17.0 Å². The summed E-state index contributed by atoms with van der Waals surface area (Å²) in [7, 11) is 0. The molecule has 1 aliphatic carbocycles. The van der Waals surface area contributed by atoms with Gasteiger partial charge in [0.1, 0.15) is 5.65 Å². The summed E-state index contributed by atoms with van der Waals surface area (Å²) in [5.41, 5.74) is 1.30. The van der Waals surface area contributed by atoms with E-state index in [-0.39, 0.29) is 15.7 Å². The van der Waals surface area contributed by atoms with Crippen molar-refractivity contribution in [2.24, 2.45) is 0 Å². The van der Waals surface area contributed by atoms with Gasteiger partial charge in [-0.2, -0.15) is 0 Å². The van der Waals surface area contributed by atoms with E-state index in [4.69, 9.17) is 23.2 Å². The Morgan fingerprint density at radius 3 is 2.48 bits per heavy atom. The summed E-state index contributed by atoms with van der Waals surface area (Å²) >= 11 is 12.2. The van der Waals surface area contributed by atoms with Crippen molar-refractivity contribution in [1.82, 2.24) is 9.55 Å². The predicted octanol–water partition coefficient (Wildman–Crippen LogP) is 5.28. The van der Waals surface area contributed by atoms with E-state index >= 15 is 0 Å². The second kappa shape index (κ2) is 7.33. The summed E-state index contributed by atoms with van der Waals surface area (Å²) < 4.78 is 2.03. The van der Waals surface area contributed by atoms with Crippen molar-refractivity contribution in [3.63, 3.8) is 0 Å². The maximum atomic E-state index is 12.9. The summed E-state index contributed by atoms with van der Waals surface area (Å²) in [5, 5.41) is 3.77. The largest absolute Gasteiger partial charge is 0.329 e. The van der Waals surface area contributed by atoms with Crippen LogP contribution < -0.4 is 5.32 Å². The number of nitrogens with zero attached hydrogens (tertiary/aromatic N) is 2. The first-order valence-corrected chi connectivity index (χ1v) is 9.57. The molecule has 138 valence electrons. The first-order chi connectivity index (χ1) is 13.1. The van der Waals surface area contributed by atoms with E-state index in [1.165, 1.54) is 0 Å². The topological polar surface area (TPSA) is 64.0 Å². The Morgan fingerprint density at radius 1 is 1.07 bits per heavy atom. The number of para-hydroxylation sites is 1. The Labute approximate surface area is 166 Å². The summed E-state index contributed by atoms with van der Waals surface area (Å²) in [6.45, 7) is 0. The second-order valence-corrected chi connectivity index (χ2v) is 7.46. The first-order valence-electron chi connectivity index (χ1n) is 8.81. The first kappa shape index (κ1) is 18.0. The van der Waals surface area contributed by atoms with E-state index < -0.39 is 11.7 Å². The molecule has 0 aliphatic heterocycles. The standard InChI is InChI=1S/C20H17Cl2N3O2/c21-15-8-3-9-16(22)17(15)24-20(27)18(26)14-11-25(12-5-1-2-6-12)19-13(14)7-4-10-23-19/h3-4,7-12H,1-2,5-6H2,(H,24,27). The summed E-state index contributed by atoms with van der Waals surface area (Å²) in [5.74, 6) is -1.42. The number of hydrogen-bond acceptors (Lipinski definition) is 3. The van der Waals surface area contributed by atoms with Gasteiger partial charge in [0.05, 0.1) is 21.3 Å². The maximum Gasteiger partial charge on any atom is 0.296 e. The molecule has 1 amide bonds. The van der Waals surface area contributed by atoms with E-state index in [1.807, 2.05) is 10.6 Å². The van der Waals surface area contributed by atoms with Gasteiger partial charge in [-0.05, 0) is 37.1 Å². The maximum absolute atomic E-state index is 12.9. The van der Waals surface area contributed by atoms with Crippen LogP contribution in [0, 0.1) is 0 Å². The van der Waals surface area contributed by atoms with Crippen molar-refractivity contribution in [3.05, 3.63) is 58.3 Å². The quantitative estimate of drug-likeness (QED) is 0.477. The smallest absolute Gasteiger partial charge is 0.296 e. The Bertz CT molecular complexity index is 1020. The Kier molecular flexibility index (Phi) is 4.89. The van der Waals surface area contributed by atoms with Crippen LogP contribution in [0.25, 0.3) is 11.0 Å². The SMILES string of the molecule is O=C(Nc1c(Cl)cccc1Cl)C(=O)c1cn(C2CCCC2)c2ncccc12. The number of carbonyl (C=O) groups excluding carboxylic acids is 2. The number of carbonyl (C=O) groups is 2. The lowest BCUT2D eigenvalue weighted by molar-refractivity contribution is -0.112. The second-order valence-electron chi connectivity index (χ2n) is 6.64. The number of pyridine rings is 1. The number of fused-ring (bicyclic) bond motifs is 1. The summed E-state index contributed by atoms with van der Waals surface area (Å²) in [4.78, 5) is 29.9. The number of nitrogens with one attached hydrogen (secondary N) is 1. The number of benzene rings is 1. The zero-order chi connectivity index (χ0) is 19.0. The molecular formula is C20H17Cl2N3O2. The fourth-order valence-electron chi connectivity index (χ4n) is 3.63. The van der Waals surface area contributed by atoms with Gasteiger partial charge in [-0.25, -0.2) is 4.98 Å². The van der Waals surface area contributed by atoms with Crippen molar-refractivity contribution in [3.8, 4) is 0 Å². The van der Waals surface area contributed by atoms with Crippen LogP contribution in [0.5, 0.6) is 0 Å². The van der Waals surface area contributed by atoms with Gasteiger partial charge in [-0.3, -0.25) is 9.59 Å². The van der Waals surface area contributed by atoms with Gasteiger partial charge in [0, 0.05) is 23.8 Å². The van der Waals surface area contributed by atoms with Gasteiger partial charge in [-0.15, -0.1) is 0 Å². The van der Waals surface area contributed by atoms with E-state index in [2.05, 4.69) is 10.3 Å². The van der Waals surface area contributed by atoms with Crippen LogP contribution in [0.2, 0.25) is 10.0 Å². The Balaban J connectivity index is 1.69. The Morgan fingerprint density at radius 2 is 1.78 bits per heavy atom. The molecule has 1 aliphatic rings. The molecule has 3 aromatic rings. The summed E-state index contributed by atoms with van der Waals surface area (Å²) in [6.07, 6.45) is 7.87. The van der Waals surface area contributed by atoms with Crippen molar-refractivity contribution in [2.45, 2.75) is 31.7 Å². The van der Waals surface area contributed by atoms with Crippen molar-refractivity contribution >= 4 is 51.6 Å². The number of halogens is 2. The molecule has 0 saturated heterocycles. The van der Waals surface area contributed by atoms with Gasteiger partial charge in [-0.1, -0.05) is 42.1 Å². The molecule has 2 aromatic heterocycles. The zero-order valence-corrected chi connectivity index (χ0v) is 15.9. The van der Waals surface area contributed by atoms with Crippen LogP contribution in [0.3, 0.4) is 0 Å². The number of ketones is 1. The number of hydrogen-bond donors (Lipinski definition) is 1. The molecule has 27 heavy (non-hydrogen) atoms.